The van der Waals surface area contributed by atoms with E-state index >= 15 is 0 Å². The van der Waals surface area contributed by atoms with Crippen molar-refractivity contribution in [1.82, 2.24) is 0 Å². The van der Waals surface area contributed by atoms with E-state index in [-0.39, 0.29) is 0 Å². The molecule has 0 aliphatic heterocycles. The van der Waals surface area contributed by atoms with Crippen molar-refractivity contribution < 1.29 is 0 Å². The second kappa shape index (κ2) is 3.83. The summed E-state index contributed by atoms with van der Waals surface area (Å²) in [5.41, 5.74) is 2.44. The lowest BCUT2D eigenvalue weighted by atomic mass is 10.2. The summed E-state index contributed by atoms with van der Waals surface area (Å²) in [6, 6.07) is 4.13. The van der Waals surface area contributed by atoms with Crippen LogP contribution in [-0.4, -0.2) is 0 Å². The van der Waals surface area contributed by atoms with E-state index in [2.05, 4.69) is 41.9 Å². The second-order valence-corrected chi connectivity index (χ2v) is 4.39. The van der Waals surface area contributed by atoms with Gasteiger partial charge in [-0.2, -0.15) is 0 Å². The molecule has 1 aromatic rings. The summed E-state index contributed by atoms with van der Waals surface area (Å²) in [4.78, 5) is 1.16. The van der Waals surface area contributed by atoms with Crippen molar-refractivity contribution in [1.29, 1.82) is 0 Å². The fourth-order valence-corrected chi connectivity index (χ4v) is 2.80. The Morgan fingerprint density at radius 2 is 1.73 bits per heavy atom. The van der Waals surface area contributed by atoms with Crippen LogP contribution in [0.5, 0.6) is 0 Å². The number of hydrogen-bond donors (Lipinski definition) is 0. The van der Waals surface area contributed by atoms with E-state index in [1.165, 1.54) is 22.1 Å². The van der Waals surface area contributed by atoms with Crippen molar-refractivity contribution in [3.8, 4) is 0 Å². The molecule has 0 heterocycles. The zero-order valence-electron chi connectivity index (χ0n) is 6.32. The summed E-state index contributed by atoms with van der Waals surface area (Å²) in [5.74, 6) is 0. The molecule has 0 aliphatic carbocycles. The van der Waals surface area contributed by atoms with Gasteiger partial charge in [-0.3, -0.25) is 0 Å². The Hall–Kier alpha value is 0.340. The van der Waals surface area contributed by atoms with Gasteiger partial charge in [-0.1, -0.05) is 15.9 Å². The van der Waals surface area contributed by atoms with Crippen LogP contribution in [-0.2, 0) is 0 Å². The number of hydrogen-bond acceptors (Lipinski definition) is 1. The molecular formula is C8H8BrClS. The maximum atomic E-state index is 5.69. The fraction of sp³-hybridized carbons (Fsp3) is 0.250. The fourth-order valence-electron chi connectivity index (χ4n) is 1.02. The third-order valence-electron chi connectivity index (χ3n) is 1.50. The Balaban J connectivity index is 3.25. The lowest BCUT2D eigenvalue weighted by Gasteiger charge is -2.05. The van der Waals surface area contributed by atoms with E-state index < -0.39 is 0 Å². The Bertz CT molecular complexity index is 250. The molecule has 3 heteroatoms. The number of rotatable bonds is 1. The minimum absolute atomic E-state index is 1.11. The molecule has 0 amide bonds. The second-order valence-electron chi connectivity index (χ2n) is 2.45. The van der Waals surface area contributed by atoms with E-state index in [9.17, 15) is 0 Å². The van der Waals surface area contributed by atoms with Gasteiger partial charge < -0.3 is 0 Å². The van der Waals surface area contributed by atoms with Crippen molar-refractivity contribution in [2.75, 3.05) is 0 Å². The Kier molecular flexibility index (Phi) is 3.29. The molecule has 0 nitrogen and oxygen atoms in total. The molecule has 0 bridgehead atoms. The zero-order valence-corrected chi connectivity index (χ0v) is 9.48. The Labute approximate surface area is 84.0 Å². The van der Waals surface area contributed by atoms with Crippen LogP contribution >= 0.6 is 37.6 Å². The summed E-state index contributed by atoms with van der Waals surface area (Å²) in [5, 5.41) is 0. The van der Waals surface area contributed by atoms with E-state index in [0.717, 1.165) is 9.37 Å². The van der Waals surface area contributed by atoms with E-state index in [1.807, 2.05) is 0 Å². The van der Waals surface area contributed by atoms with Gasteiger partial charge in [0.2, 0.25) is 0 Å². The van der Waals surface area contributed by atoms with Gasteiger partial charge in [0.25, 0.3) is 0 Å². The smallest absolute Gasteiger partial charge is 0.0292 e. The monoisotopic (exact) mass is 250 g/mol. The highest BCUT2D eigenvalue weighted by atomic mass is 79.9. The molecule has 0 radical (unpaired) electrons. The van der Waals surface area contributed by atoms with Crippen LogP contribution in [0.3, 0.4) is 0 Å². The Morgan fingerprint density at radius 3 is 2.09 bits per heavy atom. The Morgan fingerprint density at radius 1 is 1.27 bits per heavy atom. The third kappa shape index (κ3) is 2.14. The van der Waals surface area contributed by atoms with Gasteiger partial charge >= 0.3 is 0 Å². The lowest BCUT2D eigenvalue weighted by Crippen LogP contribution is -1.82. The predicted octanol–water partition coefficient (Wildman–Crippen LogP) is 4.31. The molecule has 0 atom stereocenters. The maximum absolute atomic E-state index is 5.69. The van der Waals surface area contributed by atoms with E-state index in [0.29, 0.717) is 0 Å². The van der Waals surface area contributed by atoms with Crippen LogP contribution in [0, 0.1) is 13.8 Å². The first-order valence-electron chi connectivity index (χ1n) is 3.20. The van der Waals surface area contributed by atoms with Gasteiger partial charge in [0.05, 0.1) is 0 Å². The molecule has 0 spiro atoms. The van der Waals surface area contributed by atoms with E-state index in [4.69, 9.17) is 10.7 Å². The average molecular weight is 252 g/mol. The molecule has 0 aliphatic rings. The standard InChI is InChI=1S/C8H8BrClS/c1-5-3-7(9)4-6(2)8(5)11-10/h3-4H,1-2H3. The number of benzene rings is 1. The summed E-state index contributed by atoms with van der Waals surface area (Å²) in [7, 11) is 6.97. The molecule has 11 heavy (non-hydrogen) atoms. The molecule has 60 valence electrons. The third-order valence-corrected chi connectivity index (χ3v) is 3.22. The van der Waals surface area contributed by atoms with Crippen molar-refractivity contribution >= 4 is 37.6 Å². The van der Waals surface area contributed by atoms with Gasteiger partial charge in [-0.15, -0.1) is 0 Å². The molecule has 0 saturated heterocycles. The normalized spacial score (nSPS) is 10.2. The molecule has 0 fully saturated rings. The minimum atomic E-state index is 1.11. The van der Waals surface area contributed by atoms with Crippen molar-refractivity contribution in [2.24, 2.45) is 0 Å². The van der Waals surface area contributed by atoms with Crippen LogP contribution < -0.4 is 0 Å². The lowest BCUT2D eigenvalue weighted by molar-refractivity contribution is 1.21. The van der Waals surface area contributed by atoms with Crippen LogP contribution in [0.1, 0.15) is 11.1 Å². The van der Waals surface area contributed by atoms with Crippen molar-refractivity contribution in [3.63, 3.8) is 0 Å². The molecule has 0 unspecified atom stereocenters. The first kappa shape index (κ1) is 9.43. The van der Waals surface area contributed by atoms with Gasteiger partial charge in [0, 0.05) is 9.37 Å². The summed E-state index contributed by atoms with van der Waals surface area (Å²) in [6.45, 7) is 4.12. The van der Waals surface area contributed by atoms with Crippen LogP contribution in [0.4, 0.5) is 0 Å². The van der Waals surface area contributed by atoms with Crippen LogP contribution in [0.15, 0.2) is 21.5 Å². The number of aryl methyl sites for hydroxylation is 2. The van der Waals surface area contributed by atoms with Crippen molar-refractivity contribution in [2.45, 2.75) is 18.7 Å². The zero-order chi connectivity index (χ0) is 8.43. The average Bonchev–Trinajstić information content (AvgIpc) is 1.85. The predicted molar refractivity (Wildman–Crippen MR) is 55.3 cm³/mol. The largest absolute Gasteiger partial charge is 0.0508 e. The summed E-state index contributed by atoms with van der Waals surface area (Å²) < 4.78 is 1.11. The molecule has 1 aromatic carbocycles. The molecule has 0 N–H and O–H groups in total. The van der Waals surface area contributed by atoms with Gasteiger partial charge in [0.15, 0.2) is 0 Å². The topological polar surface area (TPSA) is 0 Å². The highest BCUT2D eigenvalue weighted by Gasteiger charge is 2.02. The quantitative estimate of drug-likeness (QED) is 0.717. The summed E-state index contributed by atoms with van der Waals surface area (Å²) in [6.07, 6.45) is 0. The molecular weight excluding hydrogens is 244 g/mol. The van der Waals surface area contributed by atoms with Gasteiger partial charge in [-0.25, -0.2) is 0 Å². The number of halogens is 2. The molecule has 0 aromatic heterocycles. The minimum Gasteiger partial charge on any atom is -0.0508 e. The van der Waals surface area contributed by atoms with Crippen LogP contribution in [0.2, 0.25) is 0 Å². The molecule has 0 saturated carbocycles. The highest BCUT2D eigenvalue weighted by Crippen LogP contribution is 2.31. The maximum Gasteiger partial charge on any atom is 0.0292 e. The first-order valence-corrected chi connectivity index (χ1v) is 5.64. The first-order chi connectivity index (χ1) is 5.15. The van der Waals surface area contributed by atoms with Gasteiger partial charge in [0.1, 0.15) is 0 Å². The molecule has 1 rings (SSSR count). The van der Waals surface area contributed by atoms with Crippen molar-refractivity contribution in [3.05, 3.63) is 27.7 Å². The highest BCUT2D eigenvalue weighted by molar-refractivity contribution is 9.10. The van der Waals surface area contributed by atoms with E-state index in [1.54, 1.807) is 0 Å². The van der Waals surface area contributed by atoms with Gasteiger partial charge in [-0.05, 0) is 58.8 Å². The summed E-state index contributed by atoms with van der Waals surface area (Å²) >= 11 is 3.42. The van der Waals surface area contributed by atoms with Crippen LogP contribution in [0.25, 0.3) is 0 Å². The SMILES string of the molecule is Cc1cc(Br)cc(C)c1SCl.